The van der Waals surface area contributed by atoms with Crippen LogP contribution >= 0.6 is 0 Å². The zero-order chi connectivity index (χ0) is 16.9. The van der Waals surface area contributed by atoms with Gasteiger partial charge in [-0.1, -0.05) is 26.8 Å². The highest BCUT2D eigenvalue weighted by Crippen LogP contribution is 2.49. The molecule has 3 nitrogen and oxygen atoms in total. The summed E-state index contributed by atoms with van der Waals surface area (Å²) in [6.45, 7) is 5.08. The number of benzene rings is 1. The van der Waals surface area contributed by atoms with E-state index in [1.807, 2.05) is 6.92 Å². The van der Waals surface area contributed by atoms with Crippen molar-refractivity contribution in [1.82, 2.24) is 0 Å². The smallest absolute Gasteiger partial charge is 0.398 e. The fourth-order valence-electron chi connectivity index (χ4n) is 3.33. The summed E-state index contributed by atoms with van der Waals surface area (Å²) in [5.41, 5.74) is 3.40. The molecule has 0 radical (unpaired) electrons. The van der Waals surface area contributed by atoms with E-state index in [9.17, 15) is 23.1 Å². The number of hydrogen-bond acceptors (Lipinski definition) is 3. The van der Waals surface area contributed by atoms with Crippen LogP contribution in [-0.2, 0) is 11.0 Å². The number of nitrogen functional groups attached to an aromatic ring is 1. The SMILES string of the molecule is CC[C@@H]1C(c2ccc(N)c(C(F)(F)F)c2)C(=O)C(C)(C)[C@@H]1O. The van der Waals surface area contributed by atoms with E-state index in [1.54, 1.807) is 13.8 Å². The Kier molecular flexibility index (Phi) is 4.02. The van der Waals surface area contributed by atoms with Crippen molar-refractivity contribution in [1.29, 1.82) is 0 Å². The summed E-state index contributed by atoms with van der Waals surface area (Å²) < 4.78 is 39.0. The number of rotatable bonds is 2. The first-order valence-corrected chi connectivity index (χ1v) is 7.20. The molecule has 1 aliphatic rings. The van der Waals surface area contributed by atoms with Gasteiger partial charge in [-0.3, -0.25) is 4.79 Å². The predicted octanol–water partition coefficient (Wildman–Crippen LogP) is 3.37. The van der Waals surface area contributed by atoms with Crippen molar-refractivity contribution >= 4 is 11.5 Å². The van der Waals surface area contributed by atoms with E-state index in [0.29, 0.717) is 6.42 Å². The molecule has 1 aromatic carbocycles. The third-order valence-corrected chi connectivity index (χ3v) is 4.70. The standard InChI is InChI=1S/C16H20F3NO2/c1-4-9-12(14(22)15(2,3)13(9)21)8-5-6-11(20)10(7-8)16(17,18)19/h5-7,9,12-13,21H,4,20H2,1-3H3/t9-,12?,13-/m1/s1. The second kappa shape index (κ2) is 5.26. The molecule has 0 aliphatic heterocycles. The molecular weight excluding hydrogens is 295 g/mol. The fourth-order valence-corrected chi connectivity index (χ4v) is 3.33. The van der Waals surface area contributed by atoms with Crippen LogP contribution in [0.2, 0.25) is 0 Å². The summed E-state index contributed by atoms with van der Waals surface area (Å²) in [7, 11) is 0. The van der Waals surface area contributed by atoms with Gasteiger partial charge in [-0.25, -0.2) is 0 Å². The summed E-state index contributed by atoms with van der Waals surface area (Å²) >= 11 is 0. The highest BCUT2D eigenvalue weighted by Gasteiger charge is 2.54. The number of anilines is 1. The summed E-state index contributed by atoms with van der Waals surface area (Å²) in [6, 6.07) is 3.56. The van der Waals surface area contributed by atoms with Crippen molar-refractivity contribution < 1.29 is 23.1 Å². The number of nitrogens with two attached hydrogens (primary N) is 1. The minimum Gasteiger partial charge on any atom is -0.398 e. The molecular formula is C16H20F3NO2. The van der Waals surface area contributed by atoms with Crippen LogP contribution in [0.25, 0.3) is 0 Å². The maximum atomic E-state index is 13.0. The molecule has 0 amide bonds. The molecule has 3 N–H and O–H groups in total. The third-order valence-electron chi connectivity index (χ3n) is 4.70. The van der Waals surface area contributed by atoms with Crippen molar-refractivity contribution in [3.05, 3.63) is 29.3 Å². The molecule has 2 rings (SSSR count). The van der Waals surface area contributed by atoms with Gasteiger partial charge < -0.3 is 10.8 Å². The number of halogens is 3. The average molecular weight is 315 g/mol. The fraction of sp³-hybridized carbons (Fsp3) is 0.562. The molecule has 1 aromatic rings. The lowest BCUT2D eigenvalue weighted by atomic mass is 9.85. The zero-order valence-corrected chi connectivity index (χ0v) is 12.7. The van der Waals surface area contributed by atoms with Crippen LogP contribution in [0.3, 0.4) is 0 Å². The van der Waals surface area contributed by atoms with E-state index < -0.39 is 35.1 Å². The highest BCUT2D eigenvalue weighted by atomic mass is 19.4. The molecule has 3 atom stereocenters. The molecule has 1 aliphatic carbocycles. The van der Waals surface area contributed by atoms with E-state index >= 15 is 0 Å². The Morgan fingerprint density at radius 3 is 2.41 bits per heavy atom. The van der Waals surface area contributed by atoms with Gasteiger partial charge in [0.1, 0.15) is 5.78 Å². The second-order valence-corrected chi connectivity index (χ2v) is 6.42. The molecule has 0 aromatic heterocycles. The van der Waals surface area contributed by atoms with Gasteiger partial charge in [0, 0.05) is 11.6 Å². The number of hydrogen-bond donors (Lipinski definition) is 2. The third kappa shape index (κ3) is 2.49. The summed E-state index contributed by atoms with van der Waals surface area (Å²) in [5.74, 6) is -1.37. The van der Waals surface area contributed by atoms with Crippen LogP contribution in [0.1, 0.15) is 44.2 Å². The van der Waals surface area contributed by atoms with E-state index in [4.69, 9.17) is 5.73 Å². The van der Waals surface area contributed by atoms with Crippen LogP contribution in [-0.4, -0.2) is 17.0 Å². The van der Waals surface area contributed by atoms with E-state index in [1.165, 1.54) is 12.1 Å². The Morgan fingerprint density at radius 2 is 1.91 bits per heavy atom. The van der Waals surface area contributed by atoms with Crippen molar-refractivity contribution in [3.63, 3.8) is 0 Å². The molecule has 0 spiro atoms. The Hall–Kier alpha value is -1.56. The predicted molar refractivity (Wildman–Crippen MR) is 77.2 cm³/mol. The minimum absolute atomic E-state index is 0.232. The van der Waals surface area contributed by atoms with Crippen LogP contribution in [0.4, 0.5) is 18.9 Å². The van der Waals surface area contributed by atoms with Crippen LogP contribution in [0.5, 0.6) is 0 Å². The Balaban J connectivity index is 2.54. The Labute approximate surface area is 127 Å². The van der Waals surface area contributed by atoms with Crippen molar-refractivity contribution in [2.75, 3.05) is 5.73 Å². The van der Waals surface area contributed by atoms with Crippen LogP contribution in [0, 0.1) is 11.3 Å². The molecule has 0 heterocycles. The van der Waals surface area contributed by atoms with Crippen LogP contribution < -0.4 is 5.73 Å². The van der Waals surface area contributed by atoms with E-state index in [2.05, 4.69) is 0 Å². The van der Waals surface area contributed by atoms with Crippen molar-refractivity contribution in [2.24, 2.45) is 11.3 Å². The normalized spacial score (nSPS) is 28.1. The molecule has 1 fully saturated rings. The molecule has 122 valence electrons. The highest BCUT2D eigenvalue weighted by molar-refractivity contribution is 5.94. The van der Waals surface area contributed by atoms with Crippen molar-refractivity contribution in [2.45, 2.75) is 45.4 Å². The number of alkyl halides is 3. The number of aliphatic hydroxyl groups excluding tert-OH is 1. The Bertz CT molecular complexity index is 596. The van der Waals surface area contributed by atoms with Gasteiger partial charge in [-0.2, -0.15) is 13.2 Å². The summed E-state index contributed by atoms with van der Waals surface area (Å²) in [6.07, 6.45) is -4.94. The molecule has 22 heavy (non-hydrogen) atoms. The number of carbonyl (C=O) groups excluding carboxylic acids is 1. The van der Waals surface area contributed by atoms with Crippen LogP contribution in [0.15, 0.2) is 18.2 Å². The number of aliphatic hydroxyl groups is 1. The molecule has 1 saturated carbocycles. The van der Waals surface area contributed by atoms with Crippen molar-refractivity contribution in [3.8, 4) is 0 Å². The molecule has 1 unspecified atom stereocenters. The largest absolute Gasteiger partial charge is 0.418 e. The first-order chi connectivity index (χ1) is 10.0. The van der Waals surface area contributed by atoms with Gasteiger partial charge >= 0.3 is 6.18 Å². The Morgan fingerprint density at radius 1 is 1.32 bits per heavy atom. The molecule has 0 saturated heterocycles. The van der Waals surface area contributed by atoms with Gasteiger partial charge in [0.25, 0.3) is 0 Å². The lowest BCUT2D eigenvalue weighted by molar-refractivity contribution is -0.137. The van der Waals surface area contributed by atoms with E-state index in [0.717, 1.165) is 6.07 Å². The second-order valence-electron chi connectivity index (χ2n) is 6.42. The maximum Gasteiger partial charge on any atom is 0.418 e. The topological polar surface area (TPSA) is 63.3 Å². The lowest BCUT2D eigenvalue weighted by Gasteiger charge is -2.23. The lowest BCUT2D eigenvalue weighted by Crippen LogP contribution is -2.31. The van der Waals surface area contributed by atoms with Gasteiger partial charge in [0.2, 0.25) is 0 Å². The molecule has 6 heteroatoms. The maximum absolute atomic E-state index is 13.0. The number of ketones is 1. The summed E-state index contributed by atoms with van der Waals surface area (Å²) in [5, 5.41) is 10.3. The number of carbonyl (C=O) groups is 1. The first-order valence-electron chi connectivity index (χ1n) is 7.20. The van der Waals surface area contributed by atoms with Gasteiger partial charge in [-0.05, 0) is 30.0 Å². The van der Waals surface area contributed by atoms with E-state index in [-0.39, 0.29) is 17.0 Å². The average Bonchev–Trinajstić information content (AvgIpc) is 2.58. The first kappa shape index (κ1) is 16.8. The minimum atomic E-state index is -4.57. The monoisotopic (exact) mass is 315 g/mol. The van der Waals surface area contributed by atoms with Gasteiger partial charge in [0.15, 0.2) is 0 Å². The zero-order valence-electron chi connectivity index (χ0n) is 12.7. The number of Topliss-reactive ketones (excluding diaryl/α,β-unsaturated/α-hetero) is 1. The van der Waals surface area contributed by atoms with Gasteiger partial charge in [-0.15, -0.1) is 0 Å². The molecule has 0 bridgehead atoms. The van der Waals surface area contributed by atoms with Gasteiger partial charge in [0.05, 0.1) is 17.1 Å². The quantitative estimate of drug-likeness (QED) is 0.823. The summed E-state index contributed by atoms with van der Waals surface area (Å²) in [4.78, 5) is 12.6.